The minimum Gasteiger partial charge on any atom is -0.382 e. The molecule has 25 heavy (non-hydrogen) atoms. The second kappa shape index (κ2) is 8.71. The Labute approximate surface area is 150 Å². The third-order valence-electron chi connectivity index (χ3n) is 3.81. The Hall–Kier alpha value is -2.28. The summed E-state index contributed by atoms with van der Waals surface area (Å²) in [6, 6.07) is 4.45. The van der Waals surface area contributed by atoms with E-state index in [4.69, 9.17) is 5.73 Å². The largest absolute Gasteiger partial charge is 0.382 e. The zero-order valence-corrected chi connectivity index (χ0v) is 16.1. The number of carbonyl (C=O) groups excluding carboxylic acids is 2. The number of likely N-dealkylation sites (N-methyl/N-ethyl adjacent to an activating group) is 1. The first-order valence-corrected chi connectivity index (χ1v) is 8.37. The van der Waals surface area contributed by atoms with Gasteiger partial charge in [-0.2, -0.15) is 0 Å². The van der Waals surface area contributed by atoms with Crippen LogP contribution < -0.4 is 21.7 Å². The summed E-state index contributed by atoms with van der Waals surface area (Å²) in [5.74, 6) is -0.559. The van der Waals surface area contributed by atoms with E-state index in [9.17, 15) is 9.59 Å². The van der Waals surface area contributed by atoms with E-state index < -0.39 is 23.4 Å². The lowest BCUT2D eigenvalue weighted by Gasteiger charge is -2.29. The first kappa shape index (κ1) is 20.8. The van der Waals surface area contributed by atoms with Crippen molar-refractivity contribution < 1.29 is 9.59 Å². The fraction of sp³-hybridized carbons (Fsp3) is 0.556. The second-order valence-corrected chi connectivity index (χ2v) is 7.53. The number of para-hydroxylation sites is 1. The van der Waals surface area contributed by atoms with Gasteiger partial charge in [0.1, 0.15) is 6.04 Å². The molecular weight excluding hydrogens is 318 g/mol. The zero-order chi connectivity index (χ0) is 19.2. The summed E-state index contributed by atoms with van der Waals surface area (Å²) in [4.78, 5) is 26.1. The number of hydrogen-bond acceptors (Lipinski definition) is 4. The number of nitrogens with one attached hydrogen (secondary N) is 3. The van der Waals surface area contributed by atoms with E-state index in [0.717, 1.165) is 24.3 Å². The Morgan fingerprint density at radius 3 is 2.40 bits per heavy atom. The van der Waals surface area contributed by atoms with E-state index in [1.807, 2.05) is 60.0 Å². The Kier molecular flexibility index (Phi) is 7.23. The number of benzene rings is 1. The number of amides is 3. The normalized spacial score (nSPS) is 12.6. The smallest absolute Gasteiger partial charge is 0.319 e. The van der Waals surface area contributed by atoms with Crippen LogP contribution in [0.15, 0.2) is 18.2 Å². The maximum Gasteiger partial charge on any atom is 0.319 e. The lowest BCUT2D eigenvalue weighted by atomic mass is 9.86. The van der Waals surface area contributed by atoms with Gasteiger partial charge in [-0.25, -0.2) is 4.79 Å². The molecule has 7 nitrogen and oxygen atoms in total. The van der Waals surface area contributed by atoms with Gasteiger partial charge in [-0.05, 0) is 38.1 Å². The highest BCUT2D eigenvalue weighted by atomic mass is 16.2. The van der Waals surface area contributed by atoms with Gasteiger partial charge in [0.2, 0.25) is 5.91 Å². The molecule has 0 radical (unpaired) electrons. The number of hydrogen-bond donors (Lipinski definition) is 4. The van der Waals surface area contributed by atoms with Crippen LogP contribution in [0.1, 0.15) is 26.3 Å². The lowest BCUT2D eigenvalue weighted by molar-refractivity contribution is -0.122. The first-order chi connectivity index (χ1) is 11.5. The summed E-state index contributed by atoms with van der Waals surface area (Å²) in [5.41, 5.74) is 7.50. The molecule has 0 aliphatic heterocycles. The molecule has 5 N–H and O–H groups in total. The molecule has 0 saturated heterocycles. The molecule has 140 valence electrons. The van der Waals surface area contributed by atoms with Crippen LogP contribution in [0.5, 0.6) is 0 Å². The van der Waals surface area contributed by atoms with Crippen molar-refractivity contribution in [3.63, 3.8) is 0 Å². The molecule has 0 fully saturated rings. The van der Waals surface area contributed by atoms with Crippen molar-refractivity contribution in [2.45, 2.75) is 33.7 Å². The van der Waals surface area contributed by atoms with E-state index in [-0.39, 0.29) is 0 Å². The van der Waals surface area contributed by atoms with Crippen molar-refractivity contribution in [1.82, 2.24) is 10.2 Å². The number of aryl methyl sites for hydroxylation is 1. The van der Waals surface area contributed by atoms with E-state index in [0.29, 0.717) is 5.69 Å². The highest BCUT2D eigenvalue weighted by Gasteiger charge is 2.31. The minimum absolute atomic E-state index is 0.458. The maximum absolute atomic E-state index is 12.4. The zero-order valence-electron chi connectivity index (χ0n) is 16.1. The van der Waals surface area contributed by atoms with Crippen LogP contribution in [0, 0.1) is 12.3 Å². The third-order valence-corrected chi connectivity index (χ3v) is 3.81. The Bertz CT molecular complexity index is 608. The van der Waals surface area contributed by atoms with Gasteiger partial charge in [0.25, 0.3) is 0 Å². The second-order valence-electron chi connectivity index (χ2n) is 7.53. The molecule has 0 unspecified atom stereocenters. The number of nitrogens with two attached hydrogens (primary N) is 1. The van der Waals surface area contributed by atoms with Gasteiger partial charge in [0, 0.05) is 13.1 Å². The van der Waals surface area contributed by atoms with Crippen molar-refractivity contribution in [2.24, 2.45) is 11.1 Å². The minimum atomic E-state index is -0.762. The fourth-order valence-electron chi connectivity index (χ4n) is 2.41. The summed E-state index contributed by atoms with van der Waals surface area (Å²) in [5, 5.41) is 8.83. The Morgan fingerprint density at radius 1 is 1.24 bits per heavy atom. The lowest BCUT2D eigenvalue weighted by Crippen LogP contribution is -2.53. The van der Waals surface area contributed by atoms with Gasteiger partial charge in [0.05, 0.1) is 11.4 Å². The highest BCUT2D eigenvalue weighted by molar-refractivity contribution is 5.96. The van der Waals surface area contributed by atoms with Gasteiger partial charge in [-0.3, -0.25) is 4.79 Å². The van der Waals surface area contributed by atoms with E-state index in [1.54, 1.807) is 0 Å². The van der Waals surface area contributed by atoms with E-state index in [1.165, 1.54) is 0 Å². The Morgan fingerprint density at radius 2 is 1.88 bits per heavy atom. The van der Waals surface area contributed by atoms with Crippen molar-refractivity contribution in [1.29, 1.82) is 0 Å². The van der Waals surface area contributed by atoms with Crippen LogP contribution in [0.4, 0.5) is 16.2 Å². The van der Waals surface area contributed by atoms with Crippen molar-refractivity contribution in [2.75, 3.05) is 37.8 Å². The Balaban J connectivity index is 2.86. The maximum atomic E-state index is 12.4. The quantitative estimate of drug-likeness (QED) is 0.605. The summed E-state index contributed by atoms with van der Waals surface area (Å²) in [7, 11) is 4.01. The van der Waals surface area contributed by atoms with Gasteiger partial charge in [0.15, 0.2) is 0 Å². The highest BCUT2D eigenvalue weighted by Crippen LogP contribution is 2.26. The van der Waals surface area contributed by atoms with Crippen LogP contribution in [0.2, 0.25) is 0 Å². The molecule has 1 aromatic rings. The molecular formula is C18H31N5O2. The molecule has 0 spiro atoms. The van der Waals surface area contributed by atoms with Gasteiger partial charge in [-0.15, -0.1) is 0 Å². The number of carbonyl (C=O) groups is 2. The molecule has 0 aliphatic rings. The van der Waals surface area contributed by atoms with Crippen molar-refractivity contribution in [3.8, 4) is 0 Å². The average molecular weight is 349 g/mol. The summed E-state index contributed by atoms with van der Waals surface area (Å²) >= 11 is 0. The van der Waals surface area contributed by atoms with Crippen LogP contribution in [-0.2, 0) is 4.79 Å². The molecule has 0 bridgehead atoms. The topological polar surface area (TPSA) is 99.5 Å². The summed E-state index contributed by atoms with van der Waals surface area (Å²) in [6.07, 6.45) is 0. The van der Waals surface area contributed by atoms with Crippen molar-refractivity contribution >= 4 is 23.3 Å². The molecule has 0 aliphatic carbocycles. The monoisotopic (exact) mass is 349 g/mol. The van der Waals surface area contributed by atoms with Crippen molar-refractivity contribution in [3.05, 3.63) is 23.8 Å². The van der Waals surface area contributed by atoms with Gasteiger partial charge >= 0.3 is 6.03 Å². The number of anilines is 2. The molecule has 0 heterocycles. The number of urea groups is 1. The van der Waals surface area contributed by atoms with Crippen LogP contribution >= 0.6 is 0 Å². The molecule has 1 atom stereocenters. The predicted molar refractivity (Wildman–Crippen MR) is 103 cm³/mol. The molecule has 0 saturated carbocycles. The SMILES string of the molecule is Cc1cccc(NC(=O)N[C@H](C(N)=O)C(C)(C)C)c1NCCN(C)C. The molecule has 0 aromatic heterocycles. The first-order valence-electron chi connectivity index (χ1n) is 8.37. The fourth-order valence-corrected chi connectivity index (χ4v) is 2.41. The van der Waals surface area contributed by atoms with Crippen LogP contribution in [0.3, 0.4) is 0 Å². The van der Waals surface area contributed by atoms with Crippen LogP contribution in [-0.4, -0.2) is 50.1 Å². The van der Waals surface area contributed by atoms with E-state index in [2.05, 4.69) is 20.9 Å². The summed E-state index contributed by atoms with van der Waals surface area (Å²) in [6.45, 7) is 9.15. The molecule has 1 aromatic carbocycles. The standard InChI is InChI=1S/C18H31N5O2/c1-12-8-7-9-13(14(12)20-10-11-23(5)6)21-17(25)22-15(16(19)24)18(2,3)4/h7-9,15,20H,10-11H2,1-6H3,(H2,19,24)(H2,21,22,25)/t15-/m1/s1. The number of rotatable bonds is 7. The van der Waals surface area contributed by atoms with Gasteiger partial charge in [-0.1, -0.05) is 32.9 Å². The van der Waals surface area contributed by atoms with Crippen LogP contribution in [0.25, 0.3) is 0 Å². The molecule has 7 heteroatoms. The number of primary amides is 1. The summed E-state index contributed by atoms with van der Waals surface area (Å²) < 4.78 is 0. The predicted octanol–water partition coefficient (Wildman–Crippen LogP) is 1.99. The van der Waals surface area contributed by atoms with E-state index >= 15 is 0 Å². The average Bonchev–Trinajstić information content (AvgIpc) is 2.45. The third kappa shape index (κ3) is 6.62. The number of nitrogens with zero attached hydrogens (tertiary/aromatic N) is 1. The molecule has 3 amide bonds. The van der Waals surface area contributed by atoms with Gasteiger partial charge < -0.3 is 26.6 Å². The molecule has 1 rings (SSSR count).